The van der Waals surface area contributed by atoms with Gasteiger partial charge in [0, 0.05) is 25.4 Å². The molecule has 0 saturated heterocycles. The molecule has 2 aromatic rings. The molecule has 0 aliphatic heterocycles. The molecule has 0 aliphatic rings. The Labute approximate surface area is 108 Å². The number of pyridine rings is 1. The van der Waals surface area contributed by atoms with Gasteiger partial charge in [0.15, 0.2) is 0 Å². The molecule has 2 aromatic heterocycles. The van der Waals surface area contributed by atoms with Gasteiger partial charge < -0.3 is 4.90 Å². The molecule has 0 bridgehead atoms. The van der Waals surface area contributed by atoms with E-state index in [-0.39, 0.29) is 0 Å². The zero-order valence-electron chi connectivity index (χ0n) is 11.1. The summed E-state index contributed by atoms with van der Waals surface area (Å²) in [5, 5.41) is 0. The largest absolute Gasteiger partial charge is 0.357 e. The molecule has 4 heteroatoms. The van der Waals surface area contributed by atoms with E-state index in [1.54, 1.807) is 6.20 Å². The summed E-state index contributed by atoms with van der Waals surface area (Å²) in [4.78, 5) is 15.5. The van der Waals surface area contributed by atoms with Crippen molar-refractivity contribution < 1.29 is 0 Å². The standard InChI is InChI=1S/C14H18N4/c1-4-18(5-2)14-10-13(16-11(3)17-14)12-8-6-7-9-15-12/h6-10H,4-5H2,1-3H3. The Kier molecular flexibility index (Phi) is 3.87. The van der Waals surface area contributed by atoms with Gasteiger partial charge in [-0.05, 0) is 32.9 Å². The third-order valence-corrected chi connectivity index (χ3v) is 2.84. The molecule has 94 valence electrons. The number of hydrogen-bond acceptors (Lipinski definition) is 4. The van der Waals surface area contributed by atoms with Gasteiger partial charge in [-0.2, -0.15) is 0 Å². The van der Waals surface area contributed by atoms with Crippen LogP contribution in [0.15, 0.2) is 30.5 Å². The van der Waals surface area contributed by atoms with Crippen molar-refractivity contribution in [2.24, 2.45) is 0 Å². The van der Waals surface area contributed by atoms with Crippen LogP contribution in [0.2, 0.25) is 0 Å². The van der Waals surface area contributed by atoms with Gasteiger partial charge in [0.1, 0.15) is 11.6 Å². The number of aromatic nitrogens is 3. The average molecular weight is 242 g/mol. The van der Waals surface area contributed by atoms with Crippen molar-refractivity contribution in [3.8, 4) is 11.4 Å². The molecular weight excluding hydrogens is 224 g/mol. The Morgan fingerprint density at radius 3 is 2.44 bits per heavy atom. The molecule has 2 heterocycles. The van der Waals surface area contributed by atoms with Gasteiger partial charge >= 0.3 is 0 Å². The second-order valence-corrected chi connectivity index (χ2v) is 4.05. The lowest BCUT2D eigenvalue weighted by molar-refractivity contribution is 0.834. The van der Waals surface area contributed by atoms with E-state index in [0.717, 1.165) is 36.1 Å². The maximum absolute atomic E-state index is 4.49. The van der Waals surface area contributed by atoms with Crippen LogP contribution in [-0.4, -0.2) is 28.0 Å². The summed E-state index contributed by atoms with van der Waals surface area (Å²) >= 11 is 0. The van der Waals surface area contributed by atoms with Crippen LogP contribution in [-0.2, 0) is 0 Å². The van der Waals surface area contributed by atoms with Crippen molar-refractivity contribution in [1.29, 1.82) is 0 Å². The minimum atomic E-state index is 0.778. The quantitative estimate of drug-likeness (QED) is 0.826. The van der Waals surface area contributed by atoms with Crippen LogP contribution in [0, 0.1) is 6.92 Å². The van der Waals surface area contributed by atoms with E-state index in [1.165, 1.54) is 0 Å². The minimum Gasteiger partial charge on any atom is -0.357 e. The molecule has 0 unspecified atom stereocenters. The first-order valence-corrected chi connectivity index (χ1v) is 6.26. The van der Waals surface area contributed by atoms with Crippen LogP contribution in [0.5, 0.6) is 0 Å². The fourth-order valence-electron chi connectivity index (χ4n) is 1.91. The Hall–Kier alpha value is -1.97. The molecule has 0 aromatic carbocycles. The van der Waals surface area contributed by atoms with Gasteiger partial charge in [0.25, 0.3) is 0 Å². The summed E-state index contributed by atoms with van der Waals surface area (Å²) in [5.74, 6) is 1.74. The van der Waals surface area contributed by atoms with Crippen LogP contribution in [0.25, 0.3) is 11.4 Å². The first-order chi connectivity index (χ1) is 8.74. The topological polar surface area (TPSA) is 41.9 Å². The van der Waals surface area contributed by atoms with Gasteiger partial charge in [0.2, 0.25) is 0 Å². The molecule has 18 heavy (non-hydrogen) atoms. The summed E-state index contributed by atoms with van der Waals surface area (Å²) in [5.41, 5.74) is 1.77. The van der Waals surface area contributed by atoms with Gasteiger partial charge in [0.05, 0.1) is 11.4 Å². The first-order valence-electron chi connectivity index (χ1n) is 6.26. The molecule has 0 saturated carbocycles. The highest BCUT2D eigenvalue weighted by Crippen LogP contribution is 2.19. The number of hydrogen-bond donors (Lipinski definition) is 0. The van der Waals surface area contributed by atoms with Gasteiger partial charge in [-0.25, -0.2) is 9.97 Å². The molecule has 0 fully saturated rings. The monoisotopic (exact) mass is 242 g/mol. The lowest BCUT2D eigenvalue weighted by Gasteiger charge is -2.20. The second-order valence-electron chi connectivity index (χ2n) is 4.05. The Bertz CT molecular complexity index is 506. The van der Waals surface area contributed by atoms with Gasteiger partial charge in [-0.1, -0.05) is 6.07 Å². The summed E-state index contributed by atoms with van der Waals surface area (Å²) in [7, 11) is 0. The van der Waals surface area contributed by atoms with E-state index >= 15 is 0 Å². The molecule has 0 atom stereocenters. The SMILES string of the molecule is CCN(CC)c1cc(-c2ccccn2)nc(C)n1. The number of anilines is 1. The van der Waals surface area contributed by atoms with E-state index in [2.05, 4.69) is 33.7 Å². The lowest BCUT2D eigenvalue weighted by Crippen LogP contribution is -2.23. The Morgan fingerprint density at radius 1 is 1.06 bits per heavy atom. The normalized spacial score (nSPS) is 10.4. The van der Waals surface area contributed by atoms with Gasteiger partial charge in [-0.3, -0.25) is 4.98 Å². The maximum atomic E-state index is 4.49. The van der Waals surface area contributed by atoms with E-state index in [1.807, 2.05) is 31.2 Å². The molecule has 4 nitrogen and oxygen atoms in total. The minimum absolute atomic E-state index is 0.778. The molecule has 0 N–H and O–H groups in total. The summed E-state index contributed by atoms with van der Waals surface area (Å²) in [6.07, 6.45) is 1.78. The maximum Gasteiger partial charge on any atom is 0.132 e. The fourth-order valence-corrected chi connectivity index (χ4v) is 1.91. The summed E-state index contributed by atoms with van der Waals surface area (Å²) < 4.78 is 0. The zero-order chi connectivity index (χ0) is 13.0. The molecule has 2 rings (SSSR count). The highest BCUT2D eigenvalue weighted by molar-refractivity contribution is 5.59. The van der Waals surface area contributed by atoms with Crippen LogP contribution < -0.4 is 4.90 Å². The summed E-state index contributed by atoms with van der Waals surface area (Å²) in [6.45, 7) is 8.05. The van der Waals surface area contributed by atoms with Crippen molar-refractivity contribution in [3.63, 3.8) is 0 Å². The summed E-state index contributed by atoms with van der Waals surface area (Å²) in [6, 6.07) is 7.84. The number of rotatable bonds is 4. The van der Waals surface area contributed by atoms with Crippen molar-refractivity contribution in [1.82, 2.24) is 15.0 Å². The van der Waals surface area contributed by atoms with Crippen molar-refractivity contribution in [3.05, 3.63) is 36.3 Å². The predicted molar refractivity (Wildman–Crippen MR) is 73.6 cm³/mol. The third kappa shape index (κ3) is 2.64. The Balaban J connectivity index is 2.44. The van der Waals surface area contributed by atoms with Crippen LogP contribution >= 0.6 is 0 Å². The molecule has 0 amide bonds. The first kappa shape index (κ1) is 12.5. The molecule has 0 aliphatic carbocycles. The lowest BCUT2D eigenvalue weighted by atomic mass is 10.2. The molecule has 0 spiro atoms. The van der Waals surface area contributed by atoms with Crippen LogP contribution in [0.4, 0.5) is 5.82 Å². The van der Waals surface area contributed by atoms with Gasteiger partial charge in [-0.15, -0.1) is 0 Å². The van der Waals surface area contributed by atoms with Crippen molar-refractivity contribution in [2.45, 2.75) is 20.8 Å². The Morgan fingerprint density at radius 2 is 1.83 bits per heavy atom. The van der Waals surface area contributed by atoms with Crippen molar-refractivity contribution in [2.75, 3.05) is 18.0 Å². The highest BCUT2D eigenvalue weighted by Gasteiger charge is 2.09. The fraction of sp³-hybridized carbons (Fsp3) is 0.357. The molecular formula is C14H18N4. The van der Waals surface area contributed by atoms with E-state index in [4.69, 9.17) is 0 Å². The van der Waals surface area contributed by atoms with Crippen LogP contribution in [0.3, 0.4) is 0 Å². The van der Waals surface area contributed by atoms with E-state index < -0.39 is 0 Å². The van der Waals surface area contributed by atoms with Crippen molar-refractivity contribution >= 4 is 5.82 Å². The van der Waals surface area contributed by atoms with E-state index in [9.17, 15) is 0 Å². The highest BCUT2D eigenvalue weighted by atomic mass is 15.2. The zero-order valence-corrected chi connectivity index (χ0v) is 11.1. The second kappa shape index (κ2) is 5.58. The molecule has 0 radical (unpaired) electrons. The third-order valence-electron chi connectivity index (χ3n) is 2.84. The smallest absolute Gasteiger partial charge is 0.132 e. The average Bonchev–Trinajstić information content (AvgIpc) is 2.40. The van der Waals surface area contributed by atoms with Crippen LogP contribution in [0.1, 0.15) is 19.7 Å². The van der Waals surface area contributed by atoms with E-state index in [0.29, 0.717) is 0 Å². The number of aryl methyl sites for hydroxylation is 1. The number of nitrogens with zero attached hydrogens (tertiary/aromatic N) is 4. The predicted octanol–water partition coefficient (Wildman–Crippen LogP) is 2.69.